The molecule has 337 valence electrons. The third-order valence-electron chi connectivity index (χ3n) is 15.3. The summed E-state index contributed by atoms with van der Waals surface area (Å²) in [5.74, 6) is -1.33. The van der Waals surface area contributed by atoms with Gasteiger partial charge in [-0.05, 0) is 0 Å². The first-order valence-electron chi connectivity index (χ1n) is 24.2. The zero-order valence-corrected chi connectivity index (χ0v) is 44.0. The number of alkyl halides is 3. The molecule has 0 amide bonds. The molecule has 0 saturated heterocycles. The molecule has 2 saturated carbocycles. The standard InChI is InChI=1S/2C26H31.C4H8F3Si.2ClH.Zr/c2*1-26(2,3)18-19-16-23-10-7-11-24(25(23)17-19)22-14-12-21(13-15-22)20-8-5-4-6-9-20;1-8-3-2-4(5,6)7;;;/h2*7,10-17,20H,4-6,8-9,18H2,1-3H3;8H,2-3H2,1H3;2*1H;/q;;;;;+2/p-2. The normalized spacial score (nSPS) is 21.3. The van der Waals surface area contributed by atoms with Crippen LogP contribution >= 0.6 is 17.0 Å². The van der Waals surface area contributed by atoms with Crippen molar-refractivity contribution in [2.45, 2.75) is 163 Å². The molecule has 0 N–H and O–H groups in total. The summed E-state index contributed by atoms with van der Waals surface area (Å²) in [5.41, 5.74) is 14.3. The summed E-state index contributed by atoms with van der Waals surface area (Å²) < 4.78 is 42.8. The van der Waals surface area contributed by atoms with Crippen LogP contribution in [0.2, 0.25) is 12.6 Å². The van der Waals surface area contributed by atoms with Gasteiger partial charge in [0.25, 0.3) is 0 Å². The van der Waals surface area contributed by atoms with Crippen molar-refractivity contribution in [1.29, 1.82) is 0 Å². The Hall–Kier alpha value is -2.17. The van der Waals surface area contributed by atoms with Crippen LogP contribution in [0.5, 0.6) is 0 Å². The first-order valence-corrected chi connectivity index (χ1v) is 40.2. The summed E-state index contributed by atoms with van der Waals surface area (Å²) in [4.78, 5) is 0. The van der Waals surface area contributed by atoms with Crippen LogP contribution in [0.25, 0.3) is 34.4 Å². The summed E-state index contributed by atoms with van der Waals surface area (Å²) in [6, 6.07) is 31.7. The van der Waals surface area contributed by atoms with Gasteiger partial charge in [-0.3, -0.25) is 0 Å². The zero-order valence-electron chi connectivity index (χ0n) is 38.9. The van der Waals surface area contributed by atoms with E-state index in [9.17, 15) is 13.2 Å². The summed E-state index contributed by atoms with van der Waals surface area (Å²) in [6.45, 7) is 15.7. The van der Waals surface area contributed by atoms with Crippen molar-refractivity contribution in [3.8, 4) is 22.3 Å². The molecule has 3 unspecified atom stereocenters. The molecule has 0 nitrogen and oxygen atoms in total. The Morgan fingerprint density at radius 2 is 0.937 bits per heavy atom. The molecule has 3 atom stereocenters. The molecule has 4 aliphatic carbocycles. The quantitative estimate of drug-likeness (QED) is 0.131. The van der Waals surface area contributed by atoms with Crippen molar-refractivity contribution in [1.82, 2.24) is 0 Å². The van der Waals surface area contributed by atoms with Gasteiger partial charge in [0.1, 0.15) is 0 Å². The van der Waals surface area contributed by atoms with E-state index >= 15 is 0 Å². The van der Waals surface area contributed by atoms with Crippen LogP contribution in [0, 0.1) is 10.8 Å². The van der Waals surface area contributed by atoms with Crippen molar-refractivity contribution < 1.29 is 28.7 Å². The van der Waals surface area contributed by atoms with Gasteiger partial charge in [-0.2, -0.15) is 0 Å². The van der Waals surface area contributed by atoms with Crippen LogP contribution in [0.3, 0.4) is 0 Å². The van der Waals surface area contributed by atoms with Gasteiger partial charge in [0.15, 0.2) is 0 Å². The van der Waals surface area contributed by atoms with E-state index in [-0.39, 0.29) is 24.1 Å². The fraction of sp³-hybridized carbons (Fsp3) is 0.500. The second kappa shape index (κ2) is 18.1. The van der Waals surface area contributed by atoms with E-state index in [1.54, 1.807) is 0 Å². The topological polar surface area (TPSA) is 0 Å². The maximum atomic E-state index is 14.5. The zero-order chi connectivity index (χ0) is 45.0. The molecule has 0 spiro atoms. The van der Waals surface area contributed by atoms with Gasteiger partial charge in [-0.15, -0.1) is 0 Å². The van der Waals surface area contributed by atoms with Gasteiger partial charge in [-0.1, -0.05) is 0 Å². The van der Waals surface area contributed by atoms with E-state index in [1.165, 1.54) is 97.6 Å². The Morgan fingerprint density at radius 3 is 1.29 bits per heavy atom. The van der Waals surface area contributed by atoms with Crippen molar-refractivity contribution >= 4 is 35.1 Å². The number of rotatable bonds is 11. The predicted octanol–water partition coefficient (Wildman–Crippen LogP) is 18.9. The Kier molecular flexibility index (Phi) is 13.6. The Bertz CT molecular complexity index is 2180. The van der Waals surface area contributed by atoms with Gasteiger partial charge in [-0.25, -0.2) is 0 Å². The summed E-state index contributed by atoms with van der Waals surface area (Å²) in [5, 5.41) is 0. The molecule has 0 aromatic heterocycles. The fourth-order valence-electron chi connectivity index (χ4n) is 12.4. The van der Waals surface area contributed by atoms with Crippen LogP contribution in [-0.2, 0) is 15.6 Å². The van der Waals surface area contributed by atoms with Crippen LogP contribution < -0.4 is 0 Å². The first-order chi connectivity index (χ1) is 29.7. The second-order valence-electron chi connectivity index (χ2n) is 22.6. The van der Waals surface area contributed by atoms with Crippen LogP contribution in [-0.4, -0.2) is 12.1 Å². The number of allylic oxidation sites excluding steroid dienone is 2. The fourth-order valence-corrected chi connectivity index (χ4v) is 52.4. The van der Waals surface area contributed by atoms with E-state index in [1.807, 2.05) is 0 Å². The monoisotopic (exact) mass is 987 g/mol. The molecule has 4 aromatic rings. The molecule has 8 rings (SSSR count). The molecule has 0 aliphatic heterocycles. The molecule has 63 heavy (non-hydrogen) atoms. The van der Waals surface area contributed by atoms with E-state index in [4.69, 9.17) is 17.0 Å². The molecule has 2 fully saturated rings. The third-order valence-corrected chi connectivity index (χ3v) is 65.4. The first kappa shape index (κ1) is 47.3. The van der Waals surface area contributed by atoms with Gasteiger partial charge >= 0.3 is 389 Å². The predicted molar refractivity (Wildman–Crippen MR) is 265 cm³/mol. The molecular formula is C56H70Cl2F3SiZr. The number of fused-ring (bicyclic) bond motifs is 2. The molecule has 0 heterocycles. The minimum atomic E-state index is -5.71. The van der Waals surface area contributed by atoms with Crippen molar-refractivity contribution in [2.24, 2.45) is 10.8 Å². The van der Waals surface area contributed by atoms with Crippen LogP contribution in [0.4, 0.5) is 13.2 Å². The number of hydrogen-bond donors (Lipinski definition) is 0. The minimum absolute atomic E-state index is 0.0374. The van der Waals surface area contributed by atoms with Crippen LogP contribution in [0.15, 0.2) is 96.1 Å². The van der Waals surface area contributed by atoms with E-state index < -0.39 is 34.1 Å². The van der Waals surface area contributed by atoms with E-state index in [2.05, 4.69) is 145 Å². The van der Waals surface area contributed by atoms with E-state index in [0.717, 1.165) is 46.2 Å². The SMILES string of the molecule is C[SiH](CCC(F)(F)F)[Zr]([Cl])([Cl])([CH]1C(CC(C)(C)C)=Cc2c(-c3ccc(C4CCCCC4)cc3)cccc21)[CH]1C(CC(C)(C)C)=Cc2c(-c3ccc(C4CCCCC4)cc3)cccc21. The average molecular weight is 990 g/mol. The number of halogens is 5. The van der Waals surface area contributed by atoms with Crippen molar-refractivity contribution in [3.63, 3.8) is 0 Å². The molecule has 0 radical (unpaired) electrons. The maximum absolute atomic E-state index is 14.5. The van der Waals surface area contributed by atoms with Gasteiger partial charge in [0.05, 0.1) is 0 Å². The third kappa shape index (κ3) is 9.95. The van der Waals surface area contributed by atoms with Crippen molar-refractivity contribution in [3.05, 3.63) is 129 Å². The Labute approximate surface area is 386 Å². The number of benzene rings is 4. The second-order valence-corrected chi connectivity index (χ2v) is 63.9. The summed E-state index contributed by atoms with van der Waals surface area (Å²) in [6.07, 6.45) is 14.0. The molecule has 0 bridgehead atoms. The average Bonchev–Trinajstić information content (AvgIpc) is 3.80. The van der Waals surface area contributed by atoms with Crippen LogP contribution in [0.1, 0.15) is 177 Å². The summed E-state index contributed by atoms with van der Waals surface area (Å²) in [7, 11) is 18.0. The van der Waals surface area contributed by atoms with Gasteiger partial charge in [0.2, 0.25) is 0 Å². The summed E-state index contributed by atoms with van der Waals surface area (Å²) >= 11 is -5.71. The number of hydrogen-bond acceptors (Lipinski definition) is 0. The Balaban J connectivity index is 1.31. The molecular weight excluding hydrogens is 920 g/mol. The van der Waals surface area contributed by atoms with Gasteiger partial charge < -0.3 is 0 Å². The molecule has 7 heteroatoms. The Morgan fingerprint density at radius 1 is 0.556 bits per heavy atom. The molecule has 4 aliphatic rings. The van der Waals surface area contributed by atoms with E-state index in [0.29, 0.717) is 11.8 Å². The van der Waals surface area contributed by atoms with Crippen molar-refractivity contribution in [2.75, 3.05) is 0 Å². The van der Waals surface area contributed by atoms with Gasteiger partial charge in [0, 0.05) is 0 Å². The molecule has 4 aromatic carbocycles.